The van der Waals surface area contributed by atoms with Gasteiger partial charge in [0.15, 0.2) is 5.60 Å². The van der Waals surface area contributed by atoms with E-state index < -0.39 is 5.60 Å². The van der Waals surface area contributed by atoms with Crippen LogP contribution in [0.25, 0.3) is 0 Å². The van der Waals surface area contributed by atoms with Gasteiger partial charge in [-0.2, -0.15) is 0 Å². The van der Waals surface area contributed by atoms with Crippen LogP contribution >= 0.6 is 0 Å². The van der Waals surface area contributed by atoms with Gasteiger partial charge in [-0.15, -0.1) is 0 Å². The van der Waals surface area contributed by atoms with Crippen molar-refractivity contribution in [3.05, 3.63) is 24.5 Å². The van der Waals surface area contributed by atoms with Crippen LogP contribution in [-0.2, 0) is 9.63 Å². The number of anilines is 1. The average Bonchev–Trinajstić information content (AvgIpc) is 3.31. The molecule has 2 N–H and O–H groups in total. The molecule has 3 aliphatic rings. The van der Waals surface area contributed by atoms with Crippen molar-refractivity contribution >= 4 is 23.3 Å². The largest absolute Gasteiger partial charge is 0.386 e. The smallest absolute Gasteiger partial charge is 0.317 e. The van der Waals surface area contributed by atoms with Gasteiger partial charge >= 0.3 is 6.03 Å². The first-order chi connectivity index (χ1) is 13.1. The number of hydrogen-bond acceptors (Lipinski definition) is 5. The van der Waals surface area contributed by atoms with E-state index in [2.05, 4.69) is 20.8 Å². The quantitative estimate of drug-likeness (QED) is 0.852. The topological polar surface area (TPSA) is 95.9 Å². The van der Waals surface area contributed by atoms with E-state index in [1.54, 1.807) is 29.4 Å². The summed E-state index contributed by atoms with van der Waals surface area (Å²) in [5, 5.41) is 9.92. The fourth-order valence-electron chi connectivity index (χ4n) is 4.03. The Morgan fingerprint density at radius 3 is 2.89 bits per heavy atom. The van der Waals surface area contributed by atoms with E-state index in [0.29, 0.717) is 37.3 Å². The molecule has 0 unspecified atom stereocenters. The summed E-state index contributed by atoms with van der Waals surface area (Å²) in [6.07, 6.45) is 10.1. The van der Waals surface area contributed by atoms with Gasteiger partial charge in [0.1, 0.15) is 5.71 Å². The number of hydrogen-bond donors (Lipinski definition) is 2. The average molecular weight is 371 g/mol. The number of pyridine rings is 1. The minimum Gasteiger partial charge on any atom is -0.386 e. The van der Waals surface area contributed by atoms with Crippen LogP contribution in [0.3, 0.4) is 0 Å². The van der Waals surface area contributed by atoms with E-state index in [9.17, 15) is 9.59 Å². The maximum absolute atomic E-state index is 12.5. The van der Waals surface area contributed by atoms with E-state index in [-0.39, 0.29) is 18.0 Å². The third-order valence-corrected chi connectivity index (χ3v) is 5.56. The number of rotatable bonds is 3. The van der Waals surface area contributed by atoms with Crippen LogP contribution in [0.2, 0.25) is 0 Å². The van der Waals surface area contributed by atoms with Gasteiger partial charge < -0.3 is 20.4 Å². The molecule has 1 saturated heterocycles. The summed E-state index contributed by atoms with van der Waals surface area (Å²) >= 11 is 0. The molecule has 27 heavy (non-hydrogen) atoms. The lowest BCUT2D eigenvalue weighted by molar-refractivity contribution is -0.110. The minimum atomic E-state index is -0.578. The summed E-state index contributed by atoms with van der Waals surface area (Å²) in [7, 11) is 0. The number of aromatic nitrogens is 1. The Morgan fingerprint density at radius 2 is 2.11 bits per heavy atom. The van der Waals surface area contributed by atoms with Crippen LogP contribution in [0.4, 0.5) is 10.5 Å². The van der Waals surface area contributed by atoms with Gasteiger partial charge in [0, 0.05) is 31.6 Å². The summed E-state index contributed by atoms with van der Waals surface area (Å²) < 4.78 is 0. The standard InChI is InChI=1S/C19H25N5O3/c25-17(21-15-7-4-9-20-12-15)16-11-19(27-23-16)8-10-24(13-19)18(26)22-14-5-2-1-3-6-14/h4,7,9,12,14H,1-3,5-6,8,10-11,13H2,(H,21,25)(H,22,26)/t19-/m1/s1. The van der Waals surface area contributed by atoms with E-state index >= 15 is 0 Å². The molecule has 1 aliphatic carbocycles. The van der Waals surface area contributed by atoms with Gasteiger partial charge in [0.25, 0.3) is 5.91 Å². The fourth-order valence-corrected chi connectivity index (χ4v) is 4.03. The lowest BCUT2D eigenvalue weighted by Crippen LogP contribution is -2.46. The zero-order valence-electron chi connectivity index (χ0n) is 15.3. The predicted molar refractivity (Wildman–Crippen MR) is 100 cm³/mol. The van der Waals surface area contributed by atoms with Crippen molar-refractivity contribution in [2.45, 2.75) is 56.6 Å². The van der Waals surface area contributed by atoms with Crippen LogP contribution in [0.15, 0.2) is 29.7 Å². The Bertz CT molecular complexity index is 732. The second kappa shape index (κ2) is 7.54. The Hall–Kier alpha value is -2.64. The molecule has 1 aromatic rings. The lowest BCUT2D eigenvalue weighted by Gasteiger charge is -2.27. The third-order valence-electron chi connectivity index (χ3n) is 5.56. The highest BCUT2D eigenvalue weighted by molar-refractivity contribution is 6.43. The number of oxime groups is 1. The second-order valence-corrected chi connectivity index (χ2v) is 7.64. The van der Waals surface area contributed by atoms with E-state index in [4.69, 9.17) is 4.84 Å². The van der Waals surface area contributed by atoms with Gasteiger partial charge in [0.2, 0.25) is 0 Å². The zero-order valence-corrected chi connectivity index (χ0v) is 15.3. The van der Waals surface area contributed by atoms with Crippen molar-refractivity contribution in [2.75, 3.05) is 18.4 Å². The summed E-state index contributed by atoms with van der Waals surface area (Å²) in [6, 6.07) is 3.77. The molecule has 0 radical (unpaired) electrons. The molecule has 4 rings (SSSR count). The number of urea groups is 1. The van der Waals surface area contributed by atoms with Crippen LogP contribution < -0.4 is 10.6 Å². The van der Waals surface area contributed by atoms with Gasteiger partial charge in [0.05, 0.1) is 18.4 Å². The highest BCUT2D eigenvalue weighted by atomic mass is 16.7. The van der Waals surface area contributed by atoms with Crippen molar-refractivity contribution in [3.8, 4) is 0 Å². The van der Waals surface area contributed by atoms with Crippen LogP contribution in [0.5, 0.6) is 0 Å². The molecule has 144 valence electrons. The van der Waals surface area contributed by atoms with E-state index in [0.717, 1.165) is 12.8 Å². The Balaban J connectivity index is 1.29. The van der Waals surface area contributed by atoms with Gasteiger partial charge in [-0.05, 0) is 25.0 Å². The van der Waals surface area contributed by atoms with Gasteiger partial charge in [-0.3, -0.25) is 9.78 Å². The summed E-state index contributed by atoms with van der Waals surface area (Å²) in [4.78, 5) is 36.3. The Labute approximate surface area is 158 Å². The monoisotopic (exact) mass is 371 g/mol. The Kier molecular flexibility index (Phi) is 4.96. The normalized spacial score (nSPS) is 25.2. The molecule has 8 heteroatoms. The van der Waals surface area contributed by atoms with Gasteiger partial charge in [-0.1, -0.05) is 24.4 Å². The van der Waals surface area contributed by atoms with Crippen LogP contribution in [0.1, 0.15) is 44.9 Å². The van der Waals surface area contributed by atoms with Crippen LogP contribution in [-0.4, -0.2) is 52.3 Å². The summed E-state index contributed by atoms with van der Waals surface area (Å²) in [5.41, 5.74) is 0.394. The van der Waals surface area contributed by atoms with E-state index in [1.807, 2.05) is 0 Å². The highest BCUT2D eigenvalue weighted by Crippen LogP contribution is 2.34. The van der Waals surface area contributed by atoms with E-state index in [1.165, 1.54) is 19.3 Å². The molecule has 1 atom stereocenters. The molecule has 2 aliphatic heterocycles. The SMILES string of the molecule is O=C(Nc1cccnc1)C1=NO[C@]2(CCN(C(=O)NC3CCCCC3)C2)C1. The van der Waals surface area contributed by atoms with Crippen molar-refractivity contribution in [2.24, 2.45) is 5.16 Å². The molecule has 1 aromatic heterocycles. The molecule has 3 heterocycles. The number of nitrogens with zero attached hydrogens (tertiary/aromatic N) is 3. The fraction of sp³-hybridized carbons (Fsp3) is 0.579. The number of carbonyl (C=O) groups excluding carboxylic acids is 2. The molecule has 3 amide bonds. The first-order valence-corrected chi connectivity index (χ1v) is 9.65. The molecule has 2 fully saturated rings. The second-order valence-electron chi connectivity index (χ2n) is 7.64. The van der Waals surface area contributed by atoms with Crippen molar-refractivity contribution in [3.63, 3.8) is 0 Å². The third kappa shape index (κ3) is 4.04. The zero-order chi connectivity index (χ0) is 18.7. The van der Waals surface area contributed by atoms with Crippen LogP contribution in [0, 0.1) is 0 Å². The van der Waals surface area contributed by atoms with Crippen molar-refractivity contribution < 1.29 is 14.4 Å². The molecule has 1 spiro atoms. The van der Waals surface area contributed by atoms with Gasteiger partial charge in [-0.25, -0.2) is 4.79 Å². The highest BCUT2D eigenvalue weighted by Gasteiger charge is 2.48. The molecule has 1 saturated carbocycles. The first kappa shape index (κ1) is 17.8. The van der Waals surface area contributed by atoms with Crippen molar-refractivity contribution in [1.29, 1.82) is 0 Å². The number of carbonyl (C=O) groups is 2. The Morgan fingerprint density at radius 1 is 1.26 bits per heavy atom. The number of amides is 3. The molecule has 0 aromatic carbocycles. The van der Waals surface area contributed by atoms with Crippen molar-refractivity contribution in [1.82, 2.24) is 15.2 Å². The predicted octanol–water partition coefficient (Wildman–Crippen LogP) is 2.28. The lowest BCUT2D eigenvalue weighted by atomic mass is 9.95. The molecule has 0 bridgehead atoms. The maximum Gasteiger partial charge on any atom is 0.317 e. The molecular formula is C19H25N5O3. The summed E-state index contributed by atoms with van der Waals surface area (Å²) in [5.74, 6) is -0.287. The number of likely N-dealkylation sites (tertiary alicyclic amines) is 1. The molecule has 8 nitrogen and oxygen atoms in total. The first-order valence-electron chi connectivity index (χ1n) is 9.65. The number of nitrogens with one attached hydrogen (secondary N) is 2. The molecular weight excluding hydrogens is 346 g/mol. The maximum atomic E-state index is 12.5. The minimum absolute atomic E-state index is 0.0318. The summed E-state index contributed by atoms with van der Waals surface area (Å²) in [6.45, 7) is 1.07.